The molecule has 0 saturated heterocycles. The number of aromatic carboxylic acids is 1. The molecule has 0 amide bonds. The van der Waals surface area contributed by atoms with E-state index in [0.717, 1.165) is 0 Å². The van der Waals surface area contributed by atoms with E-state index in [2.05, 4.69) is 4.98 Å². The van der Waals surface area contributed by atoms with Crippen LogP contribution in [0.15, 0.2) is 12.1 Å². The quantitative estimate of drug-likeness (QED) is 0.390. The Morgan fingerprint density at radius 2 is 1.92 bits per heavy atom. The molecule has 66 valence electrons. The van der Waals surface area contributed by atoms with Gasteiger partial charge in [0.25, 0.3) is 0 Å². The van der Waals surface area contributed by atoms with E-state index in [1.54, 1.807) is 0 Å². The molecule has 0 aliphatic carbocycles. The van der Waals surface area contributed by atoms with E-state index < -0.39 is 5.97 Å². The molecule has 1 heterocycles. The van der Waals surface area contributed by atoms with E-state index in [0.29, 0.717) is 0 Å². The summed E-state index contributed by atoms with van der Waals surface area (Å²) < 4.78 is 0. The summed E-state index contributed by atoms with van der Waals surface area (Å²) in [4.78, 5) is 13.7. The summed E-state index contributed by atoms with van der Waals surface area (Å²) >= 11 is 10.8. The first-order chi connectivity index (χ1) is 5.11. The van der Waals surface area contributed by atoms with Gasteiger partial charge in [-0.25, -0.2) is 4.98 Å². The third-order valence-electron chi connectivity index (χ3n) is 1.01. The second kappa shape index (κ2) is 7.14. The van der Waals surface area contributed by atoms with E-state index in [4.69, 9.17) is 23.2 Å². The molecule has 0 aliphatic heterocycles. The van der Waals surface area contributed by atoms with Crippen molar-refractivity contribution in [2.24, 2.45) is 0 Å². The molecule has 1 rings (SSSR count). The SMILES string of the molecule is O.O=C([O-])c1nc(Cl)ccc1Cl.[K+]. The fourth-order valence-corrected chi connectivity index (χ4v) is 0.891. The first kappa shape index (κ1) is 16.2. The summed E-state index contributed by atoms with van der Waals surface area (Å²) in [5.41, 5.74) is -0.334. The third-order valence-corrected chi connectivity index (χ3v) is 1.52. The van der Waals surface area contributed by atoms with Crippen LogP contribution in [0.5, 0.6) is 0 Å². The van der Waals surface area contributed by atoms with Crippen LogP contribution in [0.25, 0.3) is 0 Å². The van der Waals surface area contributed by atoms with Gasteiger partial charge in [0.1, 0.15) is 10.8 Å². The first-order valence-corrected chi connectivity index (χ1v) is 3.40. The maximum atomic E-state index is 10.3. The van der Waals surface area contributed by atoms with Gasteiger partial charge in [0.2, 0.25) is 0 Å². The van der Waals surface area contributed by atoms with E-state index in [1.165, 1.54) is 12.1 Å². The number of carbonyl (C=O) groups is 1. The van der Waals surface area contributed by atoms with Crippen molar-refractivity contribution >= 4 is 29.2 Å². The number of hydrogen-bond donors (Lipinski definition) is 0. The summed E-state index contributed by atoms with van der Waals surface area (Å²) in [6, 6.07) is 2.75. The fraction of sp³-hybridized carbons (Fsp3) is 0. The molecular formula is C6H4Cl2KNO3. The maximum absolute atomic E-state index is 10.3. The Balaban J connectivity index is 0. The van der Waals surface area contributed by atoms with Crippen LogP contribution in [-0.2, 0) is 0 Å². The summed E-state index contributed by atoms with van der Waals surface area (Å²) in [6.07, 6.45) is 0. The molecule has 0 saturated carbocycles. The second-order valence-corrected chi connectivity index (χ2v) is 2.55. The third kappa shape index (κ3) is 4.71. The average molecular weight is 248 g/mol. The Labute approximate surface area is 127 Å². The number of aromatic nitrogens is 1. The Morgan fingerprint density at radius 1 is 1.38 bits per heavy atom. The van der Waals surface area contributed by atoms with Crippen LogP contribution in [0.3, 0.4) is 0 Å². The Bertz CT molecular complexity index is 308. The van der Waals surface area contributed by atoms with Gasteiger partial charge in [0, 0.05) is 0 Å². The fourth-order valence-electron chi connectivity index (χ4n) is 0.561. The molecule has 7 heteroatoms. The van der Waals surface area contributed by atoms with Crippen LogP contribution in [0, 0.1) is 0 Å². The van der Waals surface area contributed by atoms with Gasteiger partial charge in [0.05, 0.1) is 11.0 Å². The molecule has 0 bridgehead atoms. The van der Waals surface area contributed by atoms with Crippen LogP contribution in [0.2, 0.25) is 10.2 Å². The number of carboxylic acids is 1. The predicted molar refractivity (Wildman–Crippen MR) is 42.2 cm³/mol. The second-order valence-electron chi connectivity index (χ2n) is 1.75. The van der Waals surface area contributed by atoms with E-state index in [1.807, 2.05) is 0 Å². The van der Waals surface area contributed by atoms with Crippen molar-refractivity contribution < 1.29 is 66.8 Å². The van der Waals surface area contributed by atoms with Crippen molar-refractivity contribution in [3.63, 3.8) is 0 Å². The van der Waals surface area contributed by atoms with E-state index in [9.17, 15) is 9.90 Å². The zero-order valence-corrected chi connectivity index (χ0v) is 11.3. The van der Waals surface area contributed by atoms with Crippen LogP contribution in [0.1, 0.15) is 10.5 Å². The number of rotatable bonds is 1. The predicted octanol–water partition coefficient (Wildman–Crippen LogP) is -3.07. The normalized spacial score (nSPS) is 8.15. The number of hydrogen-bond acceptors (Lipinski definition) is 3. The summed E-state index contributed by atoms with van der Waals surface area (Å²) in [5.74, 6) is -1.43. The molecule has 0 atom stereocenters. The largest absolute Gasteiger partial charge is 1.00 e. The summed E-state index contributed by atoms with van der Waals surface area (Å²) in [7, 11) is 0. The van der Waals surface area contributed by atoms with Gasteiger partial charge >= 0.3 is 51.4 Å². The summed E-state index contributed by atoms with van der Waals surface area (Å²) in [5, 5.41) is 10.4. The minimum Gasteiger partial charge on any atom is -0.543 e. The van der Waals surface area contributed by atoms with Crippen molar-refractivity contribution in [2.75, 3.05) is 0 Å². The van der Waals surface area contributed by atoms with E-state index in [-0.39, 0.29) is 72.7 Å². The molecule has 0 radical (unpaired) electrons. The number of carbonyl (C=O) groups excluding carboxylic acids is 1. The number of pyridine rings is 1. The smallest absolute Gasteiger partial charge is 0.543 e. The molecule has 0 fully saturated rings. The van der Waals surface area contributed by atoms with Gasteiger partial charge in [-0.05, 0) is 12.1 Å². The monoisotopic (exact) mass is 247 g/mol. The van der Waals surface area contributed by atoms with E-state index >= 15 is 0 Å². The van der Waals surface area contributed by atoms with Crippen molar-refractivity contribution in [3.05, 3.63) is 28.0 Å². The Hall–Kier alpha value is 0.796. The average Bonchev–Trinajstić information content (AvgIpc) is 1.94. The van der Waals surface area contributed by atoms with Crippen molar-refractivity contribution in [1.82, 2.24) is 4.98 Å². The topological polar surface area (TPSA) is 84.5 Å². The van der Waals surface area contributed by atoms with Crippen LogP contribution in [0.4, 0.5) is 0 Å². The van der Waals surface area contributed by atoms with Gasteiger partial charge in [0.15, 0.2) is 0 Å². The molecule has 0 unspecified atom stereocenters. The minimum absolute atomic E-state index is 0. The van der Waals surface area contributed by atoms with Gasteiger partial charge in [-0.3, -0.25) is 0 Å². The standard InChI is InChI=1S/C6H3Cl2NO2.K.H2O/c7-3-1-2-4(8)9-5(3)6(10)11;;/h1-2H,(H,10,11);;1H2/q;+1;/p-1. The van der Waals surface area contributed by atoms with Gasteiger partial charge in [-0.2, -0.15) is 0 Å². The molecule has 2 N–H and O–H groups in total. The molecule has 1 aromatic heterocycles. The first-order valence-electron chi connectivity index (χ1n) is 2.64. The van der Waals surface area contributed by atoms with Gasteiger partial charge in [-0.1, -0.05) is 23.2 Å². The Kier molecular flexibility index (Phi) is 8.91. The number of halogens is 2. The molecule has 0 aromatic carbocycles. The van der Waals surface area contributed by atoms with Gasteiger partial charge < -0.3 is 15.4 Å². The van der Waals surface area contributed by atoms with Gasteiger partial charge in [-0.15, -0.1) is 0 Å². The minimum atomic E-state index is -1.43. The number of carboxylic acid groups (broad SMARTS) is 1. The van der Waals surface area contributed by atoms with Crippen molar-refractivity contribution in [3.8, 4) is 0 Å². The molecular weight excluding hydrogens is 244 g/mol. The zero-order valence-electron chi connectivity index (χ0n) is 6.67. The zero-order chi connectivity index (χ0) is 8.43. The Morgan fingerprint density at radius 3 is 2.31 bits per heavy atom. The molecule has 13 heavy (non-hydrogen) atoms. The van der Waals surface area contributed by atoms with Crippen LogP contribution < -0.4 is 56.5 Å². The molecule has 0 spiro atoms. The van der Waals surface area contributed by atoms with Crippen molar-refractivity contribution in [2.45, 2.75) is 0 Å². The van der Waals surface area contributed by atoms with Crippen LogP contribution in [-0.4, -0.2) is 16.4 Å². The van der Waals surface area contributed by atoms with Crippen LogP contribution >= 0.6 is 23.2 Å². The molecule has 4 nitrogen and oxygen atoms in total. The molecule has 1 aromatic rings. The summed E-state index contributed by atoms with van der Waals surface area (Å²) in [6.45, 7) is 0. The van der Waals surface area contributed by atoms with Crippen molar-refractivity contribution in [1.29, 1.82) is 0 Å². The number of nitrogens with zero attached hydrogens (tertiary/aromatic N) is 1. The molecule has 0 aliphatic rings. The maximum Gasteiger partial charge on any atom is 1.00 e.